The minimum Gasteiger partial charge on any atom is -0.481 e. The van der Waals surface area contributed by atoms with Crippen LogP contribution >= 0.6 is 0 Å². The van der Waals surface area contributed by atoms with E-state index >= 15 is 0 Å². The lowest BCUT2D eigenvalue weighted by Gasteiger charge is -2.29. The molecule has 32 heavy (non-hydrogen) atoms. The number of fused-ring (bicyclic) bond motifs is 1. The Morgan fingerprint density at radius 3 is 2.53 bits per heavy atom. The molecule has 3 heterocycles. The van der Waals surface area contributed by atoms with Crippen molar-refractivity contribution >= 4 is 17.5 Å². The molecule has 1 N–H and O–H groups in total. The first kappa shape index (κ1) is 21.2. The maximum Gasteiger partial charge on any atom is 0.268 e. The second-order valence-electron chi connectivity index (χ2n) is 7.39. The Kier molecular flexibility index (Phi) is 5.72. The molecule has 9 heteroatoms. The van der Waals surface area contributed by atoms with Crippen LogP contribution in [0.5, 0.6) is 5.88 Å². The molecule has 8 nitrogen and oxygen atoms in total. The van der Waals surface area contributed by atoms with Crippen LogP contribution in [0.3, 0.4) is 0 Å². The van der Waals surface area contributed by atoms with Crippen LogP contribution in [0.2, 0.25) is 0 Å². The number of hydrogen-bond acceptors (Lipinski definition) is 5. The molecular formula is C23H21FN4O4. The molecule has 0 bridgehead atoms. The van der Waals surface area contributed by atoms with Crippen molar-refractivity contribution in [1.29, 1.82) is 0 Å². The number of rotatable bonds is 4. The summed E-state index contributed by atoms with van der Waals surface area (Å²) in [6.45, 7) is 2.16. The van der Waals surface area contributed by atoms with Crippen LogP contribution < -0.4 is 15.6 Å². The predicted octanol–water partition coefficient (Wildman–Crippen LogP) is 2.54. The van der Waals surface area contributed by atoms with Crippen LogP contribution in [0.25, 0.3) is 5.69 Å². The quantitative estimate of drug-likeness (QED) is 0.679. The Balaban J connectivity index is 1.80. The molecule has 2 amide bonds. The van der Waals surface area contributed by atoms with Crippen molar-refractivity contribution in [1.82, 2.24) is 14.5 Å². The zero-order chi connectivity index (χ0) is 22.8. The number of nitrogens with zero attached hydrogens (tertiary/aromatic N) is 3. The maximum atomic E-state index is 13.4. The molecule has 1 aliphatic rings. The van der Waals surface area contributed by atoms with Crippen molar-refractivity contribution in [3.8, 4) is 11.6 Å². The minimum absolute atomic E-state index is 0.00848. The summed E-state index contributed by atoms with van der Waals surface area (Å²) in [4.78, 5) is 44.2. The number of ether oxygens (including phenoxy) is 1. The minimum atomic E-state index is -0.578. The van der Waals surface area contributed by atoms with Crippen LogP contribution in [-0.4, -0.2) is 39.9 Å². The third-order valence-corrected chi connectivity index (χ3v) is 5.38. The summed E-state index contributed by atoms with van der Waals surface area (Å²) in [5.74, 6) is -0.716. The molecule has 4 rings (SSSR count). The molecule has 0 spiro atoms. The number of carbonyl (C=O) groups excluding carboxylic acids is 2. The Labute approximate surface area is 183 Å². The number of pyridine rings is 2. The van der Waals surface area contributed by atoms with E-state index in [4.69, 9.17) is 4.74 Å². The molecule has 0 radical (unpaired) electrons. The van der Waals surface area contributed by atoms with Gasteiger partial charge in [-0.2, -0.15) is 0 Å². The van der Waals surface area contributed by atoms with Crippen molar-refractivity contribution in [2.75, 3.05) is 19.0 Å². The van der Waals surface area contributed by atoms with Crippen LogP contribution in [0.15, 0.2) is 53.6 Å². The fraction of sp³-hybridized carbons (Fsp3) is 0.217. The summed E-state index contributed by atoms with van der Waals surface area (Å²) < 4.78 is 19.7. The Morgan fingerprint density at radius 2 is 1.91 bits per heavy atom. The standard InChI is InChI=1S/C23H21FN4O4/c1-14(29)27-10-9-19-15(12-27)13-28(18-6-3-16(24)4-7-18)23(31)21(19)22(30)26-17-5-8-20(32-2)25-11-17/h3-8,11,13H,9-10,12H2,1-2H3,(H,26,30). The fourth-order valence-corrected chi connectivity index (χ4v) is 3.72. The number of benzene rings is 1. The van der Waals surface area contributed by atoms with Gasteiger partial charge in [-0.25, -0.2) is 9.37 Å². The molecule has 0 saturated heterocycles. The van der Waals surface area contributed by atoms with Crippen LogP contribution in [0, 0.1) is 5.82 Å². The van der Waals surface area contributed by atoms with E-state index in [1.165, 1.54) is 49.1 Å². The molecule has 164 valence electrons. The summed E-state index contributed by atoms with van der Waals surface area (Å²) in [7, 11) is 1.49. The van der Waals surface area contributed by atoms with Crippen molar-refractivity contribution in [3.05, 3.63) is 81.7 Å². The van der Waals surface area contributed by atoms with Crippen LogP contribution in [0.1, 0.15) is 28.4 Å². The Hall–Kier alpha value is -4.01. The molecule has 2 aromatic heterocycles. The van der Waals surface area contributed by atoms with E-state index in [9.17, 15) is 18.8 Å². The maximum absolute atomic E-state index is 13.4. The summed E-state index contributed by atoms with van der Waals surface area (Å²) in [6.07, 6.45) is 3.42. The largest absolute Gasteiger partial charge is 0.481 e. The van der Waals surface area contributed by atoms with Gasteiger partial charge in [-0.15, -0.1) is 0 Å². The van der Waals surface area contributed by atoms with Crippen molar-refractivity contribution < 1.29 is 18.7 Å². The van der Waals surface area contributed by atoms with E-state index in [0.717, 1.165) is 0 Å². The molecule has 3 aromatic rings. The van der Waals surface area contributed by atoms with E-state index in [2.05, 4.69) is 10.3 Å². The first-order valence-electron chi connectivity index (χ1n) is 9.97. The van der Waals surface area contributed by atoms with E-state index in [0.29, 0.717) is 41.3 Å². The zero-order valence-electron chi connectivity index (χ0n) is 17.6. The molecule has 1 aliphatic heterocycles. The third kappa shape index (κ3) is 4.09. The number of methoxy groups -OCH3 is 1. The molecule has 0 aliphatic carbocycles. The Morgan fingerprint density at radius 1 is 1.16 bits per heavy atom. The van der Waals surface area contributed by atoms with Crippen molar-refractivity contribution in [3.63, 3.8) is 0 Å². The highest BCUT2D eigenvalue weighted by molar-refractivity contribution is 6.05. The number of amides is 2. The number of nitrogens with one attached hydrogen (secondary N) is 1. The van der Waals surface area contributed by atoms with Gasteiger partial charge in [-0.3, -0.25) is 19.0 Å². The summed E-state index contributed by atoms with van der Waals surface area (Å²) in [5, 5.41) is 2.71. The average Bonchev–Trinajstić information content (AvgIpc) is 2.79. The van der Waals surface area contributed by atoms with E-state index < -0.39 is 17.3 Å². The lowest BCUT2D eigenvalue weighted by Crippen LogP contribution is -2.39. The van der Waals surface area contributed by atoms with Gasteiger partial charge in [0.15, 0.2) is 0 Å². The molecular weight excluding hydrogens is 415 g/mol. The number of hydrogen-bond donors (Lipinski definition) is 1. The summed E-state index contributed by atoms with van der Waals surface area (Å²) in [5.41, 5.74) is 1.58. The highest BCUT2D eigenvalue weighted by Crippen LogP contribution is 2.23. The van der Waals surface area contributed by atoms with E-state index in [1.54, 1.807) is 23.2 Å². The number of anilines is 1. The third-order valence-electron chi connectivity index (χ3n) is 5.38. The second-order valence-corrected chi connectivity index (χ2v) is 7.39. The first-order valence-corrected chi connectivity index (χ1v) is 9.97. The second kappa shape index (κ2) is 8.62. The summed E-state index contributed by atoms with van der Waals surface area (Å²) >= 11 is 0. The van der Waals surface area contributed by atoms with Gasteiger partial charge in [0.2, 0.25) is 11.8 Å². The van der Waals surface area contributed by atoms with Gasteiger partial charge in [0.1, 0.15) is 11.4 Å². The molecule has 0 saturated carbocycles. The smallest absolute Gasteiger partial charge is 0.268 e. The molecule has 0 atom stereocenters. The number of aromatic nitrogens is 2. The van der Waals surface area contributed by atoms with Crippen molar-refractivity contribution in [2.24, 2.45) is 0 Å². The van der Waals surface area contributed by atoms with Gasteiger partial charge in [0.05, 0.1) is 19.0 Å². The van der Waals surface area contributed by atoms with Gasteiger partial charge in [0.25, 0.3) is 11.5 Å². The molecule has 0 fully saturated rings. The molecule has 1 aromatic carbocycles. The first-order chi connectivity index (χ1) is 15.4. The normalized spacial score (nSPS) is 12.8. The zero-order valence-corrected chi connectivity index (χ0v) is 17.6. The number of carbonyl (C=O) groups is 2. The van der Waals surface area contributed by atoms with Crippen LogP contribution in [0.4, 0.5) is 10.1 Å². The fourth-order valence-electron chi connectivity index (χ4n) is 3.72. The molecule has 0 unspecified atom stereocenters. The van der Waals surface area contributed by atoms with Gasteiger partial charge >= 0.3 is 0 Å². The number of halogens is 1. The van der Waals surface area contributed by atoms with Gasteiger partial charge in [-0.05, 0) is 47.9 Å². The van der Waals surface area contributed by atoms with Gasteiger partial charge < -0.3 is 15.0 Å². The van der Waals surface area contributed by atoms with Gasteiger partial charge in [-0.1, -0.05) is 0 Å². The highest BCUT2D eigenvalue weighted by Gasteiger charge is 2.27. The Bertz CT molecular complexity index is 1240. The lowest BCUT2D eigenvalue weighted by atomic mass is 9.95. The van der Waals surface area contributed by atoms with E-state index in [1.807, 2.05) is 0 Å². The highest BCUT2D eigenvalue weighted by atomic mass is 19.1. The average molecular weight is 436 g/mol. The van der Waals surface area contributed by atoms with E-state index in [-0.39, 0.29) is 18.0 Å². The SMILES string of the molecule is COc1ccc(NC(=O)c2c3c(cn(-c4ccc(F)cc4)c2=O)CN(C(C)=O)CC3)cn1. The lowest BCUT2D eigenvalue weighted by molar-refractivity contribution is -0.129. The topological polar surface area (TPSA) is 93.5 Å². The monoisotopic (exact) mass is 436 g/mol. The van der Waals surface area contributed by atoms with Crippen LogP contribution in [-0.2, 0) is 17.8 Å². The van der Waals surface area contributed by atoms with Crippen molar-refractivity contribution in [2.45, 2.75) is 19.9 Å². The predicted molar refractivity (Wildman–Crippen MR) is 116 cm³/mol. The summed E-state index contributed by atoms with van der Waals surface area (Å²) in [6, 6.07) is 8.62. The van der Waals surface area contributed by atoms with Gasteiger partial charge in [0, 0.05) is 38.0 Å².